The van der Waals surface area contributed by atoms with Gasteiger partial charge in [0.2, 0.25) is 0 Å². The van der Waals surface area contributed by atoms with E-state index in [2.05, 4.69) is 9.47 Å². The number of benzene rings is 1. The van der Waals surface area contributed by atoms with Crippen molar-refractivity contribution in [1.29, 1.82) is 0 Å². The van der Waals surface area contributed by atoms with E-state index in [-0.39, 0.29) is 5.56 Å². The number of halogens is 3. The minimum absolute atomic E-state index is 0.319. The molecule has 0 aliphatic heterocycles. The van der Waals surface area contributed by atoms with Gasteiger partial charge in [-0.2, -0.15) is 0 Å². The third-order valence-corrected chi connectivity index (χ3v) is 2.09. The molecule has 0 saturated heterocycles. The van der Waals surface area contributed by atoms with Crippen molar-refractivity contribution in [1.82, 2.24) is 0 Å². The summed E-state index contributed by atoms with van der Waals surface area (Å²) in [5, 5.41) is 0. The zero-order valence-electron chi connectivity index (χ0n) is 9.51. The summed E-state index contributed by atoms with van der Waals surface area (Å²) in [6.45, 7) is 3.03. The quantitative estimate of drug-likeness (QED) is 0.457. The summed E-state index contributed by atoms with van der Waals surface area (Å²) in [5.41, 5.74) is -0.340. The summed E-state index contributed by atoms with van der Waals surface area (Å²) in [4.78, 5) is 10.9. The standard InChI is InChI=1S/C11H11F3O3/c1-5(2)8-9(14)6(12)4-7(13)10(8)17-11(15)16-3/h4-5H,1-3H3. The summed E-state index contributed by atoms with van der Waals surface area (Å²) in [6.07, 6.45) is -1.20. The van der Waals surface area contributed by atoms with Gasteiger partial charge in [0.15, 0.2) is 23.2 Å². The number of carbonyl (C=O) groups is 1. The monoisotopic (exact) mass is 248 g/mol. The van der Waals surface area contributed by atoms with Crippen LogP contribution in [0.15, 0.2) is 6.07 Å². The second-order valence-corrected chi connectivity index (χ2v) is 3.61. The maximum absolute atomic E-state index is 13.5. The molecule has 0 aliphatic rings. The Morgan fingerprint density at radius 2 is 1.82 bits per heavy atom. The van der Waals surface area contributed by atoms with E-state index in [1.165, 1.54) is 13.8 Å². The summed E-state index contributed by atoms with van der Waals surface area (Å²) in [6, 6.07) is 0.319. The second-order valence-electron chi connectivity index (χ2n) is 3.61. The third kappa shape index (κ3) is 2.69. The first kappa shape index (κ1) is 13.3. The van der Waals surface area contributed by atoms with E-state index < -0.39 is 35.3 Å². The van der Waals surface area contributed by atoms with Crippen LogP contribution in [0.2, 0.25) is 0 Å². The molecule has 0 amide bonds. The average molecular weight is 248 g/mol. The van der Waals surface area contributed by atoms with Crippen LogP contribution in [-0.2, 0) is 4.74 Å². The molecule has 0 radical (unpaired) electrons. The van der Waals surface area contributed by atoms with Gasteiger partial charge in [0.25, 0.3) is 0 Å². The molecule has 3 nitrogen and oxygen atoms in total. The number of carbonyl (C=O) groups excluding carboxylic acids is 1. The fourth-order valence-electron chi connectivity index (χ4n) is 1.34. The van der Waals surface area contributed by atoms with Crippen molar-refractivity contribution in [2.24, 2.45) is 0 Å². The normalized spacial score (nSPS) is 10.5. The van der Waals surface area contributed by atoms with Gasteiger partial charge in [-0.3, -0.25) is 0 Å². The fraction of sp³-hybridized carbons (Fsp3) is 0.364. The SMILES string of the molecule is COC(=O)Oc1c(F)cc(F)c(F)c1C(C)C. The van der Waals surface area contributed by atoms with Gasteiger partial charge in [-0.1, -0.05) is 13.8 Å². The lowest BCUT2D eigenvalue weighted by Crippen LogP contribution is -2.13. The van der Waals surface area contributed by atoms with Crippen molar-refractivity contribution in [2.75, 3.05) is 7.11 Å². The summed E-state index contributed by atoms with van der Waals surface area (Å²) in [7, 11) is 1.02. The van der Waals surface area contributed by atoms with Crippen molar-refractivity contribution < 1.29 is 27.4 Å². The average Bonchev–Trinajstić information content (AvgIpc) is 2.25. The minimum atomic E-state index is -1.33. The number of methoxy groups -OCH3 is 1. The Bertz CT molecular complexity index is 444. The maximum Gasteiger partial charge on any atom is 0.513 e. The van der Waals surface area contributed by atoms with Gasteiger partial charge in [-0.15, -0.1) is 0 Å². The van der Waals surface area contributed by atoms with Crippen molar-refractivity contribution in [3.63, 3.8) is 0 Å². The first-order valence-electron chi connectivity index (χ1n) is 4.81. The smallest absolute Gasteiger partial charge is 0.437 e. The van der Waals surface area contributed by atoms with Crippen LogP contribution in [-0.4, -0.2) is 13.3 Å². The van der Waals surface area contributed by atoms with Crippen molar-refractivity contribution in [3.8, 4) is 5.75 Å². The van der Waals surface area contributed by atoms with Crippen LogP contribution < -0.4 is 4.74 Å². The highest BCUT2D eigenvalue weighted by Crippen LogP contribution is 2.33. The van der Waals surface area contributed by atoms with E-state index in [0.717, 1.165) is 7.11 Å². The molecule has 94 valence electrons. The third-order valence-electron chi connectivity index (χ3n) is 2.09. The van der Waals surface area contributed by atoms with Crippen LogP contribution in [0.25, 0.3) is 0 Å². The number of hydrogen-bond donors (Lipinski definition) is 0. The maximum atomic E-state index is 13.5. The Balaban J connectivity index is 3.36. The molecule has 0 spiro atoms. The number of ether oxygens (including phenoxy) is 2. The molecule has 0 bridgehead atoms. The predicted octanol–water partition coefficient (Wildman–Crippen LogP) is 3.37. The first-order chi connectivity index (χ1) is 7.88. The molecule has 0 aromatic heterocycles. The Kier molecular flexibility index (Phi) is 3.98. The molecule has 6 heteroatoms. The van der Waals surface area contributed by atoms with Gasteiger partial charge in [-0.25, -0.2) is 18.0 Å². The zero-order chi connectivity index (χ0) is 13.2. The molecule has 1 aromatic rings. The second kappa shape index (κ2) is 5.07. The molecule has 0 aliphatic carbocycles. The van der Waals surface area contributed by atoms with Gasteiger partial charge in [-0.05, 0) is 5.92 Å². The molecular formula is C11H11F3O3. The van der Waals surface area contributed by atoms with Gasteiger partial charge in [0.05, 0.1) is 7.11 Å². The fourth-order valence-corrected chi connectivity index (χ4v) is 1.34. The molecule has 1 rings (SSSR count). The lowest BCUT2D eigenvalue weighted by atomic mass is 10.0. The van der Waals surface area contributed by atoms with E-state index in [0.29, 0.717) is 6.07 Å². The zero-order valence-corrected chi connectivity index (χ0v) is 9.51. The minimum Gasteiger partial charge on any atom is -0.437 e. The van der Waals surface area contributed by atoms with E-state index in [4.69, 9.17) is 0 Å². The van der Waals surface area contributed by atoms with Crippen LogP contribution in [0.4, 0.5) is 18.0 Å². The van der Waals surface area contributed by atoms with Crippen molar-refractivity contribution in [3.05, 3.63) is 29.1 Å². The van der Waals surface area contributed by atoms with Crippen LogP contribution in [0.1, 0.15) is 25.3 Å². The summed E-state index contributed by atoms with van der Waals surface area (Å²) < 4.78 is 48.5. The highest BCUT2D eigenvalue weighted by Gasteiger charge is 2.24. The first-order valence-corrected chi connectivity index (χ1v) is 4.81. The molecule has 0 atom stereocenters. The van der Waals surface area contributed by atoms with Gasteiger partial charge in [0, 0.05) is 11.6 Å². The Hall–Kier alpha value is -1.72. The van der Waals surface area contributed by atoms with Crippen molar-refractivity contribution in [2.45, 2.75) is 19.8 Å². The molecule has 1 aromatic carbocycles. The molecule has 0 saturated carbocycles. The predicted molar refractivity (Wildman–Crippen MR) is 53.4 cm³/mol. The highest BCUT2D eigenvalue weighted by molar-refractivity contribution is 5.64. The Morgan fingerprint density at radius 1 is 1.24 bits per heavy atom. The Labute approximate surface area is 96.1 Å². The van der Waals surface area contributed by atoms with Crippen LogP contribution in [0.3, 0.4) is 0 Å². The van der Waals surface area contributed by atoms with E-state index in [9.17, 15) is 18.0 Å². The van der Waals surface area contributed by atoms with E-state index in [1.54, 1.807) is 0 Å². The Morgan fingerprint density at radius 3 is 2.29 bits per heavy atom. The lowest BCUT2D eigenvalue weighted by molar-refractivity contribution is 0.119. The molecule has 0 heterocycles. The van der Waals surface area contributed by atoms with Gasteiger partial charge < -0.3 is 9.47 Å². The van der Waals surface area contributed by atoms with Crippen molar-refractivity contribution >= 4 is 6.16 Å². The largest absolute Gasteiger partial charge is 0.513 e. The van der Waals surface area contributed by atoms with Crippen LogP contribution in [0, 0.1) is 17.5 Å². The highest BCUT2D eigenvalue weighted by atomic mass is 19.2. The van der Waals surface area contributed by atoms with Gasteiger partial charge in [0.1, 0.15) is 0 Å². The van der Waals surface area contributed by atoms with Crippen LogP contribution >= 0.6 is 0 Å². The molecule has 0 unspecified atom stereocenters. The molecule has 0 fully saturated rings. The van der Waals surface area contributed by atoms with Gasteiger partial charge >= 0.3 is 6.16 Å². The topological polar surface area (TPSA) is 35.5 Å². The molecule has 0 N–H and O–H groups in total. The summed E-state index contributed by atoms with van der Waals surface area (Å²) in [5.74, 6) is -4.92. The lowest BCUT2D eigenvalue weighted by Gasteiger charge is -2.14. The molecule has 17 heavy (non-hydrogen) atoms. The van der Waals surface area contributed by atoms with Crippen LogP contribution in [0.5, 0.6) is 5.75 Å². The number of hydrogen-bond acceptors (Lipinski definition) is 3. The van der Waals surface area contributed by atoms with E-state index >= 15 is 0 Å². The number of rotatable bonds is 2. The van der Waals surface area contributed by atoms with E-state index in [1.807, 2.05) is 0 Å². The molecular weight excluding hydrogens is 237 g/mol. The summed E-state index contributed by atoms with van der Waals surface area (Å²) >= 11 is 0.